The molecule has 0 spiro atoms. The van der Waals surface area contributed by atoms with E-state index in [1.54, 1.807) is 30.5 Å². The third-order valence-electron chi connectivity index (χ3n) is 8.36. The first-order chi connectivity index (χ1) is 23.4. The van der Waals surface area contributed by atoms with Gasteiger partial charge in [0.2, 0.25) is 35.4 Å². The Morgan fingerprint density at radius 2 is 1.55 bits per heavy atom. The number of nitrogens with one attached hydrogen (secondary N) is 5. The molecule has 4 rings (SSSR count). The van der Waals surface area contributed by atoms with Gasteiger partial charge in [-0.3, -0.25) is 28.8 Å². The predicted octanol–water partition coefficient (Wildman–Crippen LogP) is 1.15. The minimum atomic E-state index is -1.25. The first-order valence-electron chi connectivity index (χ1n) is 16.3. The summed E-state index contributed by atoms with van der Waals surface area (Å²) in [6.45, 7) is 4.35. The molecule has 1 aliphatic heterocycles. The fraction of sp³-hybridized carbons (Fsp3) is 0.429. The first-order valence-corrected chi connectivity index (χ1v) is 16.9. The van der Waals surface area contributed by atoms with Gasteiger partial charge in [0.1, 0.15) is 24.2 Å². The number of hydrogen-bond donors (Lipinski definition) is 6. The van der Waals surface area contributed by atoms with Crippen LogP contribution in [0, 0.1) is 5.92 Å². The number of carbonyl (C=O) groups is 6. The zero-order valence-electron chi connectivity index (χ0n) is 28.2. The summed E-state index contributed by atoms with van der Waals surface area (Å²) in [4.78, 5) is 87.2. The fourth-order valence-electron chi connectivity index (χ4n) is 5.87. The Hall–Kier alpha value is -4.85. The zero-order valence-corrected chi connectivity index (χ0v) is 29.1. The molecule has 1 aromatic heterocycles. The van der Waals surface area contributed by atoms with Crippen molar-refractivity contribution in [1.29, 1.82) is 0 Å². The molecule has 5 N–H and O–H groups in total. The lowest BCUT2D eigenvalue weighted by Gasteiger charge is -2.34. The quantitative estimate of drug-likeness (QED) is 0.184. The summed E-state index contributed by atoms with van der Waals surface area (Å²) >= 11 is 4.42. The second kappa shape index (κ2) is 17.0. The van der Waals surface area contributed by atoms with Gasteiger partial charge in [0, 0.05) is 49.7 Å². The van der Waals surface area contributed by atoms with Crippen molar-refractivity contribution in [2.75, 3.05) is 26.0 Å². The minimum absolute atomic E-state index is 0.00369. The first kappa shape index (κ1) is 37.0. The van der Waals surface area contributed by atoms with Crippen LogP contribution < -0.4 is 21.3 Å². The maximum Gasteiger partial charge on any atom is 0.247 e. The highest BCUT2D eigenvalue weighted by molar-refractivity contribution is 7.80. The summed E-state index contributed by atoms with van der Waals surface area (Å²) in [5, 5.41) is 11.8. The molecule has 1 saturated heterocycles. The van der Waals surface area contributed by atoms with E-state index in [2.05, 4.69) is 38.9 Å². The molecule has 14 heteroatoms. The fourth-order valence-corrected chi connectivity index (χ4v) is 6.24. The van der Waals surface area contributed by atoms with Gasteiger partial charge in [-0.2, -0.15) is 12.6 Å². The van der Waals surface area contributed by atoms with Crippen molar-refractivity contribution in [1.82, 2.24) is 36.1 Å². The van der Waals surface area contributed by atoms with Gasteiger partial charge >= 0.3 is 0 Å². The number of aromatic amines is 1. The summed E-state index contributed by atoms with van der Waals surface area (Å²) in [5.41, 5.74) is 2.34. The molecule has 262 valence electrons. The molecule has 4 atom stereocenters. The molecule has 0 bridgehead atoms. The third-order valence-corrected chi connectivity index (χ3v) is 8.71. The number of benzene rings is 2. The van der Waals surface area contributed by atoms with Gasteiger partial charge in [0.25, 0.3) is 0 Å². The molecule has 6 amide bonds. The van der Waals surface area contributed by atoms with Crippen LogP contribution in [-0.2, 0) is 41.6 Å². The number of rotatable bonds is 9. The Morgan fingerprint density at radius 3 is 2.22 bits per heavy atom. The smallest absolute Gasteiger partial charge is 0.247 e. The number of amides is 6. The number of likely N-dealkylation sites (N-methyl/N-ethyl adjacent to an activating group) is 1. The van der Waals surface area contributed by atoms with Crippen LogP contribution in [0.15, 0.2) is 60.8 Å². The molecule has 0 unspecified atom stereocenters. The van der Waals surface area contributed by atoms with Crippen LogP contribution in [-0.4, -0.2) is 100 Å². The van der Waals surface area contributed by atoms with Crippen molar-refractivity contribution >= 4 is 59.0 Å². The maximum absolute atomic E-state index is 14.3. The van der Waals surface area contributed by atoms with Crippen molar-refractivity contribution < 1.29 is 28.8 Å². The van der Waals surface area contributed by atoms with Crippen molar-refractivity contribution in [3.63, 3.8) is 0 Å². The number of aromatic nitrogens is 1. The highest BCUT2D eigenvalue weighted by Crippen LogP contribution is 2.20. The average Bonchev–Trinajstić information content (AvgIpc) is 3.47. The lowest BCUT2D eigenvalue weighted by Crippen LogP contribution is -2.61. The van der Waals surface area contributed by atoms with E-state index in [0.717, 1.165) is 26.9 Å². The number of para-hydroxylation sites is 1. The van der Waals surface area contributed by atoms with Crippen LogP contribution in [0.1, 0.15) is 38.3 Å². The summed E-state index contributed by atoms with van der Waals surface area (Å²) in [6, 6.07) is 12.0. The monoisotopic (exact) mass is 691 g/mol. The van der Waals surface area contributed by atoms with E-state index >= 15 is 0 Å². The van der Waals surface area contributed by atoms with E-state index in [1.807, 2.05) is 44.2 Å². The standard InChI is InChI=1S/C35H45N7O6S/c1-21(2)14-28-34(47)41(4)18-31(44)38-29(15-23-10-6-5-7-11-23)35(48)42(20-37-22(3)43)30(19-49)33(46)39-27(32(45)40-28)16-24-17-36-26-13-9-8-12-25(24)26/h5-13,17,21,27-30,36,49H,14-16,18-20H2,1-4H3,(H,37,43)(H,38,44)(H,39,46)(H,40,45)/t27-,28+,29-,30+/m1/s1. The van der Waals surface area contributed by atoms with E-state index in [-0.39, 0.29) is 44.1 Å². The second-order valence-electron chi connectivity index (χ2n) is 12.7. The lowest BCUT2D eigenvalue weighted by molar-refractivity contribution is -0.144. The van der Waals surface area contributed by atoms with Crippen LogP contribution >= 0.6 is 12.6 Å². The second-order valence-corrected chi connectivity index (χ2v) is 13.1. The molecule has 3 aromatic rings. The van der Waals surface area contributed by atoms with Crippen molar-refractivity contribution in [2.45, 2.75) is 64.2 Å². The predicted molar refractivity (Wildman–Crippen MR) is 188 cm³/mol. The molecular formula is C35H45N7O6S. The van der Waals surface area contributed by atoms with Gasteiger partial charge in [-0.05, 0) is 29.5 Å². The maximum atomic E-state index is 14.3. The highest BCUT2D eigenvalue weighted by Gasteiger charge is 2.37. The molecule has 13 nitrogen and oxygen atoms in total. The van der Waals surface area contributed by atoms with E-state index in [9.17, 15) is 28.8 Å². The van der Waals surface area contributed by atoms with Gasteiger partial charge in [-0.25, -0.2) is 0 Å². The lowest BCUT2D eigenvalue weighted by atomic mass is 10.00. The number of H-pyrrole nitrogens is 1. The summed E-state index contributed by atoms with van der Waals surface area (Å²) in [5.74, 6) is -3.67. The van der Waals surface area contributed by atoms with Gasteiger partial charge in [-0.15, -0.1) is 0 Å². The van der Waals surface area contributed by atoms with Gasteiger partial charge in [-0.1, -0.05) is 62.4 Å². The third kappa shape index (κ3) is 9.84. The van der Waals surface area contributed by atoms with Crippen molar-refractivity contribution in [3.05, 3.63) is 71.9 Å². The Labute approximate surface area is 291 Å². The Kier molecular flexibility index (Phi) is 12.8. The molecule has 1 aliphatic rings. The molecule has 2 aromatic carbocycles. The Balaban J connectivity index is 1.79. The number of carbonyl (C=O) groups excluding carboxylic acids is 6. The zero-order chi connectivity index (χ0) is 35.7. The Bertz CT molecular complexity index is 1660. The molecule has 0 saturated carbocycles. The molecule has 2 heterocycles. The Morgan fingerprint density at radius 1 is 0.878 bits per heavy atom. The molecule has 49 heavy (non-hydrogen) atoms. The van der Waals surface area contributed by atoms with Crippen LogP contribution in [0.3, 0.4) is 0 Å². The SMILES string of the molecule is CC(=O)NCN1C(=O)[C@@H](Cc2ccccc2)NC(=O)CN(C)C(=O)[C@H](CC(C)C)NC(=O)[C@@H](Cc2c[nH]c3ccccc23)NC(=O)[C@@H]1CS. The number of hydrogen-bond acceptors (Lipinski definition) is 7. The highest BCUT2D eigenvalue weighted by atomic mass is 32.1. The summed E-state index contributed by atoms with van der Waals surface area (Å²) < 4.78 is 0. The topological polar surface area (TPSA) is 173 Å². The van der Waals surface area contributed by atoms with Gasteiger partial charge in [0.05, 0.1) is 13.2 Å². The van der Waals surface area contributed by atoms with Crippen LogP contribution in [0.4, 0.5) is 0 Å². The van der Waals surface area contributed by atoms with Gasteiger partial charge < -0.3 is 36.1 Å². The normalized spacial score (nSPS) is 21.6. The molecule has 0 radical (unpaired) electrons. The average molecular weight is 692 g/mol. The van der Waals surface area contributed by atoms with Crippen molar-refractivity contribution in [2.24, 2.45) is 5.92 Å². The van der Waals surface area contributed by atoms with E-state index in [4.69, 9.17) is 0 Å². The van der Waals surface area contributed by atoms with Crippen LogP contribution in [0.5, 0.6) is 0 Å². The summed E-state index contributed by atoms with van der Waals surface area (Å²) in [6.07, 6.45) is 2.18. The van der Waals surface area contributed by atoms with E-state index in [0.29, 0.717) is 0 Å². The molecule has 0 aliphatic carbocycles. The molecular weight excluding hydrogens is 646 g/mol. The van der Waals surface area contributed by atoms with Crippen LogP contribution in [0.2, 0.25) is 0 Å². The number of thiol groups is 1. The number of fused-ring (bicyclic) bond motifs is 1. The van der Waals surface area contributed by atoms with E-state index < -0.39 is 59.6 Å². The largest absolute Gasteiger partial charge is 0.361 e. The number of nitrogens with zero attached hydrogens (tertiary/aromatic N) is 2. The van der Waals surface area contributed by atoms with E-state index in [1.165, 1.54) is 18.9 Å². The molecule has 1 fully saturated rings. The summed E-state index contributed by atoms with van der Waals surface area (Å²) in [7, 11) is 1.46. The van der Waals surface area contributed by atoms with Gasteiger partial charge in [0.15, 0.2) is 0 Å². The van der Waals surface area contributed by atoms with Crippen LogP contribution in [0.25, 0.3) is 10.9 Å². The minimum Gasteiger partial charge on any atom is -0.361 e. The van der Waals surface area contributed by atoms with Crippen molar-refractivity contribution in [3.8, 4) is 0 Å².